The van der Waals surface area contributed by atoms with Gasteiger partial charge in [0.1, 0.15) is 0 Å². The SMILES string of the molecule is NC(=O)C(=O)ON1C(=O)c2ccccc2C1=O. The van der Waals surface area contributed by atoms with Gasteiger partial charge in [0.2, 0.25) is 0 Å². The van der Waals surface area contributed by atoms with Gasteiger partial charge in [0.05, 0.1) is 11.1 Å². The third-order valence-corrected chi connectivity index (χ3v) is 2.13. The van der Waals surface area contributed by atoms with Gasteiger partial charge in [-0.3, -0.25) is 14.4 Å². The van der Waals surface area contributed by atoms with Crippen LogP contribution in [0, 0.1) is 0 Å². The number of imide groups is 1. The topological polar surface area (TPSA) is 107 Å². The first-order chi connectivity index (χ1) is 8.02. The first-order valence-corrected chi connectivity index (χ1v) is 4.52. The number of carbonyl (C=O) groups is 4. The molecular formula is C10H6N2O5. The summed E-state index contributed by atoms with van der Waals surface area (Å²) in [7, 11) is 0. The monoisotopic (exact) mass is 234 g/mol. The Bertz CT molecular complexity index is 516. The molecule has 1 aliphatic rings. The highest BCUT2D eigenvalue weighted by atomic mass is 16.7. The Balaban J connectivity index is 2.31. The van der Waals surface area contributed by atoms with E-state index in [9.17, 15) is 19.2 Å². The van der Waals surface area contributed by atoms with Crippen molar-refractivity contribution in [3.63, 3.8) is 0 Å². The second kappa shape index (κ2) is 3.71. The van der Waals surface area contributed by atoms with Crippen molar-refractivity contribution in [2.45, 2.75) is 0 Å². The largest absolute Gasteiger partial charge is 0.421 e. The van der Waals surface area contributed by atoms with E-state index in [1.807, 2.05) is 0 Å². The van der Waals surface area contributed by atoms with Crippen molar-refractivity contribution in [1.82, 2.24) is 5.06 Å². The maximum Gasteiger partial charge on any atom is 0.421 e. The van der Waals surface area contributed by atoms with Crippen molar-refractivity contribution in [3.05, 3.63) is 35.4 Å². The number of rotatable bonds is 1. The lowest BCUT2D eigenvalue weighted by molar-refractivity contribution is -0.172. The van der Waals surface area contributed by atoms with Crippen LogP contribution in [0.1, 0.15) is 20.7 Å². The van der Waals surface area contributed by atoms with E-state index < -0.39 is 23.7 Å². The lowest BCUT2D eigenvalue weighted by Gasteiger charge is -2.10. The fourth-order valence-corrected chi connectivity index (χ4v) is 1.38. The molecule has 0 aromatic heterocycles. The molecule has 2 N–H and O–H groups in total. The van der Waals surface area contributed by atoms with Gasteiger partial charge in [0.25, 0.3) is 11.8 Å². The van der Waals surface area contributed by atoms with Crippen molar-refractivity contribution >= 4 is 23.7 Å². The minimum atomic E-state index is -1.47. The van der Waals surface area contributed by atoms with E-state index in [0.717, 1.165) is 0 Å². The fraction of sp³-hybridized carbons (Fsp3) is 0. The van der Waals surface area contributed by atoms with Gasteiger partial charge in [-0.05, 0) is 12.1 Å². The predicted octanol–water partition coefficient (Wildman–Crippen LogP) is -0.774. The summed E-state index contributed by atoms with van der Waals surface area (Å²) < 4.78 is 0. The van der Waals surface area contributed by atoms with Crippen LogP contribution in [0.2, 0.25) is 0 Å². The smallest absolute Gasteiger partial charge is 0.360 e. The zero-order valence-corrected chi connectivity index (χ0v) is 8.38. The number of hydroxylamine groups is 2. The van der Waals surface area contributed by atoms with Gasteiger partial charge >= 0.3 is 11.9 Å². The molecular weight excluding hydrogens is 228 g/mol. The lowest BCUT2D eigenvalue weighted by atomic mass is 10.1. The van der Waals surface area contributed by atoms with Crippen LogP contribution in [0.15, 0.2) is 24.3 Å². The second-order valence-electron chi connectivity index (χ2n) is 3.19. The number of fused-ring (bicyclic) bond motifs is 1. The lowest BCUT2D eigenvalue weighted by Crippen LogP contribution is -2.37. The number of hydrogen-bond donors (Lipinski definition) is 1. The number of nitrogens with two attached hydrogens (primary N) is 1. The summed E-state index contributed by atoms with van der Waals surface area (Å²) in [4.78, 5) is 49.0. The molecule has 86 valence electrons. The maximum atomic E-state index is 11.6. The summed E-state index contributed by atoms with van der Waals surface area (Å²) in [6, 6.07) is 5.94. The quantitative estimate of drug-likeness (QED) is 0.507. The van der Waals surface area contributed by atoms with Gasteiger partial charge in [-0.1, -0.05) is 17.2 Å². The van der Waals surface area contributed by atoms with E-state index in [4.69, 9.17) is 0 Å². The van der Waals surface area contributed by atoms with Crippen LogP contribution in [0.3, 0.4) is 0 Å². The first-order valence-electron chi connectivity index (χ1n) is 4.52. The van der Waals surface area contributed by atoms with Gasteiger partial charge in [0, 0.05) is 0 Å². The first kappa shape index (κ1) is 10.8. The zero-order valence-electron chi connectivity index (χ0n) is 8.38. The van der Waals surface area contributed by atoms with Crippen LogP contribution in [0.25, 0.3) is 0 Å². The molecule has 7 nitrogen and oxygen atoms in total. The summed E-state index contributed by atoms with van der Waals surface area (Å²) >= 11 is 0. The van der Waals surface area contributed by atoms with Gasteiger partial charge in [-0.15, -0.1) is 0 Å². The number of amides is 3. The van der Waals surface area contributed by atoms with E-state index in [1.54, 1.807) is 12.1 Å². The molecule has 3 amide bonds. The summed E-state index contributed by atoms with van der Waals surface area (Å²) in [6.45, 7) is 0. The van der Waals surface area contributed by atoms with Gasteiger partial charge < -0.3 is 10.6 Å². The normalized spacial score (nSPS) is 13.5. The summed E-state index contributed by atoms with van der Waals surface area (Å²) in [6.07, 6.45) is 0. The molecule has 0 atom stereocenters. The number of hydrogen-bond acceptors (Lipinski definition) is 5. The second-order valence-corrected chi connectivity index (χ2v) is 3.19. The number of primary amides is 1. The summed E-state index contributed by atoms with van der Waals surface area (Å²) in [5.74, 6) is -4.47. The Morgan fingerprint density at radius 3 is 1.94 bits per heavy atom. The van der Waals surface area contributed by atoms with Crippen molar-refractivity contribution in [3.8, 4) is 0 Å². The molecule has 0 spiro atoms. The predicted molar refractivity (Wildman–Crippen MR) is 52.2 cm³/mol. The minimum Gasteiger partial charge on any atom is -0.360 e. The summed E-state index contributed by atoms with van der Waals surface area (Å²) in [5.41, 5.74) is 4.86. The van der Waals surface area contributed by atoms with Crippen LogP contribution < -0.4 is 5.73 Å². The average Bonchev–Trinajstić information content (AvgIpc) is 2.55. The Hall–Kier alpha value is -2.70. The molecule has 0 aliphatic carbocycles. The Kier molecular flexibility index (Phi) is 2.36. The van der Waals surface area contributed by atoms with Crippen molar-refractivity contribution < 1.29 is 24.0 Å². The molecule has 1 aromatic rings. The average molecular weight is 234 g/mol. The van der Waals surface area contributed by atoms with E-state index in [-0.39, 0.29) is 16.2 Å². The van der Waals surface area contributed by atoms with Crippen LogP contribution in [-0.2, 0) is 14.4 Å². The number of benzene rings is 1. The molecule has 7 heteroatoms. The highest BCUT2D eigenvalue weighted by Gasteiger charge is 2.39. The standard InChI is InChI=1S/C10H6N2O5/c11-7(13)10(16)17-12-8(14)5-3-1-2-4-6(5)9(12)15/h1-4H,(H2,11,13). The van der Waals surface area contributed by atoms with Gasteiger partial charge in [0.15, 0.2) is 0 Å². The van der Waals surface area contributed by atoms with E-state index >= 15 is 0 Å². The van der Waals surface area contributed by atoms with E-state index in [2.05, 4.69) is 10.6 Å². The Labute approximate surface area is 94.7 Å². The van der Waals surface area contributed by atoms with Gasteiger partial charge in [-0.2, -0.15) is 0 Å². The Morgan fingerprint density at radius 2 is 1.53 bits per heavy atom. The third kappa shape index (κ3) is 1.63. The number of carbonyl (C=O) groups excluding carboxylic acids is 4. The van der Waals surface area contributed by atoms with Gasteiger partial charge in [-0.25, -0.2) is 4.79 Å². The molecule has 2 rings (SSSR count). The molecule has 1 aliphatic heterocycles. The molecule has 1 aromatic carbocycles. The third-order valence-electron chi connectivity index (χ3n) is 2.13. The molecule has 0 radical (unpaired) electrons. The van der Waals surface area contributed by atoms with Crippen molar-refractivity contribution in [2.75, 3.05) is 0 Å². The van der Waals surface area contributed by atoms with Crippen LogP contribution in [0.5, 0.6) is 0 Å². The minimum absolute atomic E-state index is 0.106. The van der Waals surface area contributed by atoms with Crippen molar-refractivity contribution in [1.29, 1.82) is 0 Å². The molecule has 1 heterocycles. The van der Waals surface area contributed by atoms with E-state index in [1.165, 1.54) is 12.1 Å². The molecule has 0 unspecified atom stereocenters. The molecule has 0 saturated carbocycles. The molecule has 0 fully saturated rings. The van der Waals surface area contributed by atoms with Crippen LogP contribution in [0.4, 0.5) is 0 Å². The molecule has 0 saturated heterocycles. The maximum absolute atomic E-state index is 11.6. The van der Waals surface area contributed by atoms with Crippen LogP contribution >= 0.6 is 0 Å². The zero-order chi connectivity index (χ0) is 12.6. The highest BCUT2D eigenvalue weighted by molar-refractivity contribution is 6.32. The molecule has 17 heavy (non-hydrogen) atoms. The number of nitrogens with zero attached hydrogens (tertiary/aromatic N) is 1. The Morgan fingerprint density at radius 1 is 1.06 bits per heavy atom. The van der Waals surface area contributed by atoms with E-state index in [0.29, 0.717) is 0 Å². The van der Waals surface area contributed by atoms with Crippen LogP contribution in [-0.4, -0.2) is 28.8 Å². The van der Waals surface area contributed by atoms with Crippen molar-refractivity contribution in [2.24, 2.45) is 5.73 Å². The fourth-order valence-electron chi connectivity index (χ4n) is 1.38. The summed E-state index contributed by atoms with van der Waals surface area (Å²) in [5, 5.41) is 0.220. The highest BCUT2D eigenvalue weighted by Crippen LogP contribution is 2.22. The molecule has 0 bridgehead atoms.